The minimum atomic E-state index is 0.0219. The fourth-order valence-corrected chi connectivity index (χ4v) is 2.26. The van der Waals surface area contributed by atoms with Crippen LogP contribution in [0.4, 0.5) is 0 Å². The molecular weight excluding hydrogens is 240 g/mol. The van der Waals surface area contributed by atoms with E-state index in [1.807, 2.05) is 44.3 Å². The molecule has 102 valence electrons. The summed E-state index contributed by atoms with van der Waals surface area (Å²) >= 11 is 0. The summed E-state index contributed by atoms with van der Waals surface area (Å²) < 4.78 is 0. The van der Waals surface area contributed by atoms with Crippen LogP contribution in [-0.2, 0) is 0 Å². The first-order chi connectivity index (χ1) is 9.15. The van der Waals surface area contributed by atoms with Gasteiger partial charge in [0.1, 0.15) is 0 Å². The van der Waals surface area contributed by atoms with Crippen LogP contribution >= 0.6 is 0 Å². The van der Waals surface area contributed by atoms with Crippen molar-refractivity contribution in [2.24, 2.45) is 0 Å². The van der Waals surface area contributed by atoms with Gasteiger partial charge >= 0.3 is 0 Å². The van der Waals surface area contributed by atoms with Gasteiger partial charge in [0.2, 0.25) is 0 Å². The van der Waals surface area contributed by atoms with Crippen LogP contribution in [0.25, 0.3) is 10.9 Å². The van der Waals surface area contributed by atoms with E-state index in [1.54, 1.807) is 4.90 Å². The Hall–Kier alpha value is -1.81. The molecule has 2 rings (SSSR count). The molecule has 0 radical (unpaired) electrons. The number of fused-ring (bicyclic) bond motifs is 1. The lowest BCUT2D eigenvalue weighted by Gasteiger charge is -2.27. The van der Waals surface area contributed by atoms with E-state index in [4.69, 9.17) is 5.11 Å². The highest BCUT2D eigenvalue weighted by Crippen LogP contribution is 2.20. The van der Waals surface area contributed by atoms with Gasteiger partial charge < -0.3 is 15.0 Å². The van der Waals surface area contributed by atoms with E-state index in [0.29, 0.717) is 18.5 Å². The second kappa shape index (κ2) is 5.89. The lowest BCUT2D eigenvalue weighted by atomic mass is 10.1. The van der Waals surface area contributed by atoms with Crippen molar-refractivity contribution in [2.45, 2.75) is 26.3 Å². The molecule has 2 N–H and O–H groups in total. The highest BCUT2D eigenvalue weighted by molar-refractivity contribution is 6.06. The lowest BCUT2D eigenvalue weighted by Crippen LogP contribution is -2.38. The first kappa shape index (κ1) is 13.6. The second-order valence-corrected chi connectivity index (χ2v) is 4.91. The normalized spacial score (nSPS) is 11.2. The quantitative estimate of drug-likeness (QED) is 0.867. The Balaban J connectivity index is 2.33. The van der Waals surface area contributed by atoms with Crippen molar-refractivity contribution in [3.05, 3.63) is 36.0 Å². The summed E-state index contributed by atoms with van der Waals surface area (Å²) in [4.78, 5) is 17.6. The van der Waals surface area contributed by atoms with Gasteiger partial charge in [-0.15, -0.1) is 0 Å². The molecule has 2 aromatic rings. The largest absolute Gasteiger partial charge is 0.396 e. The van der Waals surface area contributed by atoms with Gasteiger partial charge in [-0.25, -0.2) is 0 Å². The van der Waals surface area contributed by atoms with E-state index in [2.05, 4.69) is 4.98 Å². The molecule has 0 saturated heterocycles. The zero-order valence-electron chi connectivity index (χ0n) is 11.4. The van der Waals surface area contributed by atoms with E-state index in [1.165, 1.54) is 0 Å². The molecule has 0 saturated carbocycles. The molecule has 0 aliphatic carbocycles. The fraction of sp³-hybridized carbons (Fsp3) is 0.400. The van der Waals surface area contributed by atoms with Crippen LogP contribution in [0.3, 0.4) is 0 Å². The number of aliphatic hydroxyl groups excluding tert-OH is 1. The third-order valence-corrected chi connectivity index (χ3v) is 3.27. The van der Waals surface area contributed by atoms with Gasteiger partial charge in [-0.2, -0.15) is 0 Å². The molecule has 1 amide bonds. The maximum absolute atomic E-state index is 12.6. The van der Waals surface area contributed by atoms with Crippen LogP contribution in [0.5, 0.6) is 0 Å². The predicted octanol–water partition coefficient (Wildman–Crippen LogP) is 2.40. The number of aliphatic hydroxyl groups is 1. The molecule has 0 spiro atoms. The van der Waals surface area contributed by atoms with Crippen molar-refractivity contribution in [1.29, 1.82) is 0 Å². The number of nitrogens with one attached hydrogen (secondary N) is 1. The summed E-state index contributed by atoms with van der Waals surface area (Å²) in [6.45, 7) is 4.66. The van der Waals surface area contributed by atoms with E-state index >= 15 is 0 Å². The molecule has 0 unspecified atom stereocenters. The van der Waals surface area contributed by atoms with Crippen molar-refractivity contribution < 1.29 is 9.90 Å². The van der Waals surface area contributed by atoms with Gasteiger partial charge in [-0.3, -0.25) is 4.79 Å². The highest BCUT2D eigenvalue weighted by Gasteiger charge is 2.20. The number of aromatic nitrogens is 1. The third kappa shape index (κ3) is 2.79. The number of carbonyl (C=O) groups is 1. The van der Waals surface area contributed by atoms with Crippen LogP contribution in [0.1, 0.15) is 30.6 Å². The maximum Gasteiger partial charge on any atom is 0.254 e. The molecule has 1 aromatic heterocycles. The Kier molecular flexibility index (Phi) is 4.22. The van der Waals surface area contributed by atoms with Gasteiger partial charge in [-0.05, 0) is 38.5 Å². The van der Waals surface area contributed by atoms with E-state index < -0.39 is 0 Å². The monoisotopic (exact) mass is 260 g/mol. The molecule has 0 bridgehead atoms. The third-order valence-electron chi connectivity index (χ3n) is 3.27. The summed E-state index contributed by atoms with van der Waals surface area (Å²) in [6.07, 6.45) is 2.45. The minimum absolute atomic E-state index is 0.0219. The fourth-order valence-electron chi connectivity index (χ4n) is 2.26. The Morgan fingerprint density at radius 1 is 1.37 bits per heavy atom. The number of nitrogens with zero attached hydrogens (tertiary/aromatic N) is 1. The van der Waals surface area contributed by atoms with Crippen molar-refractivity contribution in [2.75, 3.05) is 13.2 Å². The predicted molar refractivity (Wildman–Crippen MR) is 76.2 cm³/mol. The van der Waals surface area contributed by atoms with Gasteiger partial charge in [0, 0.05) is 41.9 Å². The number of carbonyl (C=O) groups excluding carboxylic acids is 1. The summed E-state index contributed by atoms with van der Waals surface area (Å²) in [7, 11) is 0. The molecule has 0 atom stereocenters. The number of rotatable bonds is 5. The zero-order valence-corrected chi connectivity index (χ0v) is 11.4. The topological polar surface area (TPSA) is 56.3 Å². The number of hydrogen-bond donors (Lipinski definition) is 2. The average molecular weight is 260 g/mol. The van der Waals surface area contributed by atoms with Gasteiger partial charge in [-0.1, -0.05) is 6.07 Å². The van der Waals surface area contributed by atoms with Crippen LogP contribution < -0.4 is 0 Å². The molecule has 1 heterocycles. The first-order valence-electron chi connectivity index (χ1n) is 6.63. The molecule has 0 fully saturated rings. The number of hydrogen-bond acceptors (Lipinski definition) is 2. The molecule has 4 nitrogen and oxygen atoms in total. The summed E-state index contributed by atoms with van der Waals surface area (Å²) in [6, 6.07) is 7.74. The number of amides is 1. The standard InChI is InChI=1S/C15H20N2O2/c1-11(2)17(9-4-10-18)15(19)13-5-3-6-14-12(13)7-8-16-14/h3,5-8,11,16,18H,4,9-10H2,1-2H3. The molecular formula is C15H20N2O2. The number of H-pyrrole nitrogens is 1. The minimum Gasteiger partial charge on any atom is -0.396 e. The highest BCUT2D eigenvalue weighted by atomic mass is 16.3. The van der Waals surface area contributed by atoms with Crippen LogP contribution in [0.2, 0.25) is 0 Å². The summed E-state index contributed by atoms with van der Waals surface area (Å²) in [5.74, 6) is 0.0219. The SMILES string of the molecule is CC(C)N(CCCO)C(=O)c1cccc2[nH]ccc12. The molecule has 19 heavy (non-hydrogen) atoms. The van der Waals surface area contributed by atoms with Gasteiger partial charge in [0.05, 0.1) is 0 Å². The average Bonchev–Trinajstić information content (AvgIpc) is 2.86. The van der Waals surface area contributed by atoms with Crippen molar-refractivity contribution in [1.82, 2.24) is 9.88 Å². The van der Waals surface area contributed by atoms with Crippen LogP contribution in [0.15, 0.2) is 30.5 Å². The summed E-state index contributed by atoms with van der Waals surface area (Å²) in [5.41, 5.74) is 1.68. The van der Waals surface area contributed by atoms with Crippen LogP contribution in [-0.4, -0.2) is 40.1 Å². The zero-order chi connectivity index (χ0) is 13.8. The van der Waals surface area contributed by atoms with Crippen molar-refractivity contribution in [3.63, 3.8) is 0 Å². The Morgan fingerprint density at radius 2 is 2.16 bits per heavy atom. The molecule has 1 aromatic carbocycles. The number of benzene rings is 1. The van der Waals surface area contributed by atoms with E-state index in [-0.39, 0.29) is 18.6 Å². The molecule has 4 heteroatoms. The Labute approximate surface area is 113 Å². The maximum atomic E-state index is 12.6. The number of aromatic amines is 1. The molecule has 0 aliphatic heterocycles. The smallest absolute Gasteiger partial charge is 0.254 e. The summed E-state index contributed by atoms with van der Waals surface area (Å²) in [5, 5.41) is 9.89. The second-order valence-electron chi connectivity index (χ2n) is 4.91. The van der Waals surface area contributed by atoms with Gasteiger partial charge in [0.15, 0.2) is 0 Å². The van der Waals surface area contributed by atoms with Crippen molar-refractivity contribution in [3.8, 4) is 0 Å². The van der Waals surface area contributed by atoms with E-state index in [9.17, 15) is 4.79 Å². The Morgan fingerprint density at radius 3 is 2.84 bits per heavy atom. The van der Waals surface area contributed by atoms with Gasteiger partial charge in [0.25, 0.3) is 5.91 Å². The Bertz CT molecular complexity index is 560. The van der Waals surface area contributed by atoms with Crippen molar-refractivity contribution >= 4 is 16.8 Å². The lowest BCUT2D eigenvalue weighted by molar-refractivity contribution is 0.0695. The molecule has 0 aliphatic rings. The van der Waals surface area contributed by atoms with E-state index in [0.717, 1.165) is 10.9 Å². The first-order valence-corrected chi connectivity index (χ1v) is 6.63. The van der Waals surface area contributed by atoms with Crippen LogP contribution in [0, 0.1) is 0 Å².